The van der Waals surface area contributed by atoms with Crippen molar-refractivity contribution in [2.75, 3.05) is 32.8 Å². The topological polar surface area (TPSA) is 57.2 Å². The van der Waals surface area contributed by atoms with Gasteiger partial charge in [0.25, 0.3) is 5.91 Å². The van der Waals surface area contributed by atoms with Crippen LogP contribution < -0.4 is 23.8 Å². The summed E-state index contributed by atoms with van der Waals surface area (Å²) in [5.74, 6) is 2.07. The fourth-order valence-electron chi connectivity index (χ4n) is 2.71. The van der Waals surface area contributed by atoms with Crippen molar-refractivity contribution in [2.45, 2.75) is 6.54 Å². The van der Waals surface area contributed by atoms with E-state index in [2.05, 4.69) is 0 Å². The van der Waals surface area contributed by atoms with E-state index >= 15 is 0 Å². The molecule has 0 aromatic heterocycles. The third-order valence-electron chi connectivity index (χ3n) is 3.91. The quantitative estimate of drug-likeness (QED) is 0.863. The van der Waals surface area contributed by atoms with Gasteiger partial charge in [0.1, 0.15) is 5.75 Å². The molecule has 1 aliphatic heterocycles. The van der Waals surface area contributed by atoms with Crippen LogP contribution in [-0.4, -0.2) is 33.8 Å². The predicted molar refractivity (Wildman–Crippen MR) is 89.2 cm³/mol. The lowest BCUT2D eigenvalue weighted by Crippen LogP contribution is -2.32. The highest BCUT2D eigenvalue weighted by atomic mass is 16.5. The maximum atomic E-state index is 12.5. The van der Waals surface area contributed by atoms with Gasteiger partial charge in [0.2, 0.25) is 5.75 Å². The third-order valence-corrected chi connectivity index (χ3v) is 3.91. The normalized spacial score (nSPS) is 13.6. The number of anilines is 1. The zero-order valence-electron chi connectivity index (χ0n) is 13.9. The van der Waals surface area contributed by atoms with Crippen LogP contribution in [0.2, 0.25) is 0 Å². The average Bonchev–Trinajstić information content (AvgIpc) is 2.79. The van der Waals surface area contributed by atoms with Crippen molar-refractivity contribution in [3.05, 3.63) is 42.0 Å². The summed E-state index contributed by atoms with van der Waals surface area (Å²) in [6.07, 6.45) is 0. The Morgan fingerprint density at radius 2 is 1.67 bits per heavy atom. The van der Waals surface area contributed by atoms with Crippen LogP contribution in [-0.2, 0) is 11.3 Å². The van der Waals surface area contributed by atoms with Crippen molar-refractivity contribution in [1.29, 1.82) is 0 Å². The molecule has 0 N–H and O–H groups in total. The first kappa shape index (κ1) is 16.0. The van der Waals surface area contributed by atoms with Crippen molar-refractivity contribution in [3.63, 3.8) is 0 Å². The van der Waals surface area contributed by atoms with Gasteiger partial charge in [-0.1, -0.05) is 18.2 Å². The van der Waals surface area contributed by atoms with Crippen LogP contribution in [0, 0.1) is 0 Å². The van der Waals surface area contributed by atoms with E-state index in [0.29, 0.717) is 29.5 Å². The molecule has 1 heterocycles. The number of rotatable bonds is 4. The molecule has 0 bridgehead atoms. The molecule has 6 heteroatoms. The van der Waals surface area contributed by atoms with Gasteiger partial charge in [-0.3, -0.25) is 4.79 Å². The lowest BCUT2D eigenvalue weighted by molar-refractivity contribution is -0.120. The molecule has 24 heavy (non-hydrogen) atoms. The summed E-state index contributed by atoms with van der Waals surface area (Å²) in [6, 6.07) is 11.1. The van der Waals surface area contributed by atoms with Crippen molar-refractivity contribution >= 4 is 11.6 Å². The molecule has 0 unspecified atom stereocenters. The van der Waals surface area contributed by atoms with E-state index in [1.54, 1.807) is 38.4 Å². The van der Waals surface area contributed by atoms with E-state index in [4.69, 9.17) is 18.9 Å². The molecule has 0 spiro atoms. The largest absolute Gasteiger partial charge is 0.493 e. The maximum Gasteiger partial charge on any atom is 0.265 e. The van der Waals surface area contributed by atoms with E-state index in [1.807, 2.05) is 24.3 Å². The summed E-state index contributed by atoms with van der Waals surface area (Å²) in [5.41, 5.74) is 1.60. The van der Waals surface area contributed by atoms with Gasteiger partial charge in [-0.15, -0.1) is 0 Å². The first-order chi connectivity index (χ1) is 11.7. The number of ether oxygens (including phenoxy) is 4. The lowest BCUT2D eigenvalue weighted by Gasteiger charge is -2.22. The maximum absolute atomic E-state index is 12.5. The van der Waals surface area contributed by atoms with Gasteiger partial charge in [0, 0.05) is 17.7 Å². The molecule has 0 radical (unpaired) electrons. The minimum absolute atomic E-state index is 0.0202. The number of fused-ring (bicyclic) bond motifs is 1. The van der Waals surface area contributed by atoms with Crippen LogP contribution in [0.4, 0.5) is 5.69 Å². The Bertz CT molecular complexity index is 734. The fourth-order valence-corrected chi connectivity index (χ4v) is 2.71. The predicted octanol–water partition coefficient (Wildman–Crippen LogP) is 2.64. The van der Waals surface area contributed by atoms with E-state index in [9.17, 15) is 4.79 Å². The zero-order chi connectivity index (χ0) is 17.1. The number of para-hydroxylation sites is 1. The van der Waals surface area contributed by atoms with Gasteiger partial charge in [-0.25, -0.2) is 0 Å². The highest BCUT2D eigenvalue weighted by Gasteiger charge is 2.25. The molecule has 3 rings (SSSR count). The number of amides is 1. The van der Waals surface area contributed by atoms with E-state index in [1.165, 1.54) is 0 Å². The van der Waals surface area contributed by atoms with Crippen LogP contribution in [0.15, 0.2) is 36.4 Å². The smallest absolute Gasteiger partial charge is 0.265 e. The van der Waals surface area contributed by atoms with Crippen molar-refractivity contribution in [2.24, 2.45) is 0 Å². The van der Waals surface area contributed by atoms with E-state index < -0.39 is 0 Å². The van der Waals surface area contributed by atoms with Crippen molar-refractivity contribution in [3.8, 4) is 23.0 Å². The summed E-state index contributed by atoms with van der Waals surface area (Å²) in [5, 5.41) is 0. The molecule has 2 aromatic carbocycles. The molecule has 1 aliphatic rings. The van der Waals surface area contributed by atoms with E-state index in [-0.39, 0.29) is 12.5 Å². The molecule has 126 valence electrons. The average molecular weight is 329 g/mol. The minimum Gasteiger partial charge on any atom is -0.493 e. The van der Waals surface area contributed by atoms with Crippen molar-refractivity contribution < 1.29 is 23.7 Å². The van der Waals surface area contributed by atoms with E-state index in [0.717, 1.165) is 11.3 Å². The first-order valence-electron chi connectivity index (χ1n) is 7.49. The monoisotopic (exact) mass is 329 g/mol. The van der Waals surface area contributed by atoms with Crippen LogP contribution in [0.1, 0.15) is 5.56 Å². The Hall–Kier alpha value is -2.89. The van der Waals surface area contributed by atoms with Gasteiger partial charge in [-0.05, 0) is 6.07 Å². The molecule has 6 nitrogen and oxygen atoms in total. The van der Waals surface area contributed by atoms with Gasteiger partial charge >= 0.3 is 0 Å². The first-order valence-corrected chi connectivity index (χ1v) is 7.49. The van der Waals surface area contributed by atoms with Gasteiger partial charge in [-0.2, -0.15) is 0 Å². The second kappa shape index (κ2) is 6.70. The number of methoxy groups -OCH3 is 3. The van der Waals surface area contributed by atoms with Crippen LogP contribution in [0.5, 0.6) is 23.0 Å². The van der Waals surface area contributed by atoms with Gasteiger partial charge in [0.15, 0.2) is 18.1 Å². The Kier molecular flexibility index (Phi) is 4.46. The molecule has 0 atom stereocenters. The number of carbonyl (C=O) groups excluding carboxylic acids is 1. The van der Waals surface area contributed by atoms with Gasteiger partial charge < -0.3 is 23.8 Å². The molecular formula is C18H19NO5. The molecule has 0 fully saturated rings. The molecule has 0 saturated carbocycles. The Labute approximate surface area is 140 Å². The number of benzene rings is 2. The second-order valence-electron chi connectivity index (χ2n) is 5.26. The summed E-state index contributed by atoms with van der Waals surface area (Å²) in [7, 11) is 4.63. The number of carbonyl (C=O) groups is 1. The van der Waals surface area contributed by atoms with Crippen molar-refractivity contribution in [1.82, 2.24) is 0 Å². The summed E-state index contributed by atoms with van der Waals surface area (Å²) in [4.78, 5) is 14.2. The summed E-state index contributed by atoms with van der Waals surface area (Å²) >= 11 is 0. The standard InChI is InChI=1S/C18H19NO5/c1-21-15-8-13(9-16(22-2)18(15)23-3)19-10-12-6-4-5-7-14(12)24-11-17(19)20/h4-9H,10-11H2,1-3H3. The number of hydrogen-bond acceptors (Lipinski definition) is 5. The minimum atomic E-state index is -0.138. The Morgan fingerprint density at radius 1 is 1.00 bits per heavy atom. The molecule has 0 saturated heterocycles. The second-order valence-corrected chi connectivity index (χ2v) is 5.26. The summed E-state index contributed by atoms with van der Waals surface area (Å²) in [6.45, 7) is 0.390. The highest BCUT2D eigenvalue weighted by molar-refractivity contribution is 5.95. The summed E-state index contributed by atoms with van der Waals surface area (Å²) < 4.78 is 21.7. The SMILES string of the molecule is COc1cc(N2Cc3ccccc3OCC2=O)cc(OC)c1OC. The van der Waals surface area contributed by atoms with Crippen LogP contribution in [0.3, 0.4) is 0 Å². The lowest BCUT2D eigenvalue weighted by atomic mass is 10.1. The Morgan fingerprint density at radius 3 is 2.29 bits per heavy atom. The zero-order valence-corrected chi connectivity index (χ0v) is 13.9. The molecular weight excluding hydrogens is 310 g/mol. The fraction of sp³-hybridized carbons (Fsp3) is 0.278. The third kappa shape index (κ3) is 2.82. The molecule has 0 aliphatic carbocycles. The van der Waals surface area contributed by atoms with Crippen LogP contribution in [0.25, 0.3) is 0 Å². The molecule has 2 aromatic rings. The number of nitrogens with zero attached hydrogens (tertiary/aromatic N) is 1. The molecule has 1 amide bonds. The Balaban J connectivity index is 2.05. The number of hydrogen-bond donors (Lipinski definition) is 0. The van der Waals surface area contributed by atoms with Gasteiger partial charge in [0.05, 0.1) is 33.6 Å². The van der Waals surface area contributed by atoms with Crippen LogP contribution >= 0.6 is 0 Å². The highest BCUT2D eigenvalue weighted by Crippen LogP contribution is 2.41.